The molecule has 2 aromatic heterocycles. The number of aromatic nitrogens is 4. The Morgan fingerprint density at radius 2 is 1.71 bits per heavy atom. The number of nitrogens with zero attached hydrogens (tertiary/aromatic N) is 4. The summed E-state index contributed by atoms with van der Waals surface area (Å²) in [6, 6.07) is 25.6. The zero-order valence-electron chi connectivity index (χ0n) is 19.2. The lowest BCUT2D eigenvalue weighted by Crippen LogP contribution is -2.27. The van der Waals surface area contributed by atoms with Crippen molar-refractivity contribution >= 4 is 16.8 Å². The lowest BCUT2D eigenvalue weighted by molar-refractivity contribution is -0.121. The summed E-state index contributed by atoms with van der Waals surface area (Å²) in [6.45, 7) is 1.41. The fourth-order valence-corrected chi connectivity index (χ4v) is 4.10. The zero-order chi connectivity index (χ0) is 24.0. The average molecular weight is 464 g/mol. The Morgan fingerprint density at radius 1 is 0.914 bits per heavy atom. The van der Waals surface area contributed by atoms with E-state index in [4.69, 9.17) is 0 Å². The first-order chi connectivity index (χ1) is 17.2. The molecular formula is C28H25N5O2. The van der Waals surface area contributed by atoms with Crippen LogP contribution in [0.25, 0.3) is 22.0 Å². The van der Waals surface area contributed by atoms with E-state index >= 15 is 0 Å². The summed E-state index contributed by atoms with van der Waals surface area (Å²) in [6.07, 6.45) is 5.42. The predicted molar refractivity (Wildman–Crippen MR) is 136 cm³/mol. The van der Waals surface area contributed by atoms with E-state index in [1.807, 2.05) is 47.3 Å². The van der Waals surface area contributed by atoms with E-state index in [1.165, 1.54) is 16.5 Å². The quantitative estimate of drug-likeness (QED) is 0.377. The maximum absolute atomic E-state index is 12.6. The number of nitrogens with one attached hydrogen (secondary N) is 1. The molecule has 0 aliphatic carbocycles. The smallest absolute Gasteiger partial charge is 0.261 e. The van der Waals surface area contributed by atoms with Crippen molar-refractivity contribution in [1.82, 2.24) is 24.6 Å². The van der Waals surface area contributed by atoms with Gasteiger partial charge in [-0.05, 0) is 40.5 Å². The molecule has 0 unspecified atom stereocenters. The Morgan fingerprint density at radius 3 is 2.54 bits per heavy atom. The van der Waals surface area contributed by atoms with E-state index in [-0.39, 0.29) is 24.4 Å². The third kappa shape index (κ3) is 5.19. The molecule has 0 aliphatic heterocycles. The van der Waals surface area contributed by atoms with Gasteiger partial charge in [0.2, 0.25) is 5.91 Å². The minimum atomic E-state index is -0.134. The Balaban J connectivity index is 1.22. The first kappa shape index (κ1) is 22.3. The highest BCUT2D eigenvalue weighted by atomic mass is 16.1. The van der Waals surface area contributed by atoms with Gasteiger partial charge >= 0.3 is 0 Å². The van der Waals surface area contributed by atoms with E-state index in [1.54, 1.807) is 18.3 Å². The second kappa shape index (κ2) is 10.2. The van der Waals surface area contributed by atoms with Gasteiger partial charge in [-0.15, -0.1) is 0 Å². The summed E-state index contributed by atoms with van der Waals surface area (Å²) in [5.41, 5.74) is 4.89. The molecule has 0 fully saturated rings. The third-order valence-electron chi connectivity index (χ3n) is 5.97. The van der Waals surface area contributed by atoms with Crippen molar-refractivity contribution in [3.8, 4) is 11.1 Å². The molecular weight excluding hydrogens is 438 g/mol. The zero-order valence-corrected chi connectivity index (χ0v) is 19.2. The fourth-order valence-electron chi connectivity index (χ4n) is 4.10. The average Bonchev–Trinajstić information content (AvgIpc) is 3.41. The Hall–Kier alpha value is -4.52. The van der Waals surface area contributed by atoms with Crippen molar-refractivity contribution in [2.75, 3.05) is 0 Å². The highest BCUT2D eigenvalue weighted by molar-refractivity contribution is 5.78. The van der Waals surface area contributed by atoms with Gasteiger partial charge < -0.3 is 5.32 Å². The highest BCUT2D eigenvalue weighted by Crippen LogP contribution is 2.24. The van der Waals surface area contributed by atoms with Crippen molar-refractivity contribution in [2.24, 2.45) is 0 Å². The highest BCUT2D eigenvalue weighted by Gasteiger charge is 2.09. The van der Waals surface area contributed by atoms with Crippen LogP contribution in [0.5, 0.6) is 0 Å². The molecule has 7 nitrogen and oxygen atoms in total. The maximum atomic E-state index is 12.6. The van der Waals surface area contributed by atoms with Gasteiger partial charge in [0.15, 0.2) is 0 Å². The maximum Gasteiger partial charge on any atom is 0.261 e. The van der Waals surface area contributed by atoms with E-state index in [0.29, 0.717) is 17.4 Å². The number of rotatable bonds is 8. The number of carbonyl (C=O) groups is 1. The van der Waals surface area contributed by atoms with Crippen LogP contribution in [0.4, 0.5) is 0 Å². The van der Waals surface area contributed by atoms with E-state index in [9.17, 15) is 9.59 Å². The van der Waals surface area contributed by atoms with Gasteiger partial charge in [-0.3, -0.25) is 18.8 Å². The summed E-state index contributed by atoms with van der Waals surface area (Å²) < 4.78 is 3.38. The summed E-state index contributed by atoms with van der Waals surface area (Å²) in [5.74, 6) is -0.116. The van der Waals surface area contributed by atoms with E-state index in [0.717, 1.165) is 23.2 Å². The molecule has 0 atom stereocenters. The van der Waals surface area contributed by atoms with Crippen LogP contribution in [0.1, 0.15) is 17.5 Å². The van der Waals surface area contributed by atoms with Gasteiger partial charge in [-0.2, -0.15) is 5.10 Å². The van der Waals surface area contributed by atoms with Crippen molar-refractivity contribution in [1.29, 1.82) is 0 Å². The first-order valence-electron chi connectivity index (χ1n) is 11.5. The molecule has 0 saturated heterocycles. The molecule has 0 saturated carbocycles. The van der Waals surface area contributed by atoms with Crippen LogP contribution in [0.3, 0.4) is 0 Å². The Kier molecular flexibility index (Phi) is 6.48. The molecule has 5 aromatic rings. The van der Waals surface area contributed by atoms with Crippen LogP contribution in [-0.4, -0.2) is 25.2 Å². The van der Waals surface area contributed by atoms with E-state index in [2.05, 4.69) is 45.7 Å². The van der Waals surface area contributed by atoms with Crippen LogP contribution in [0.15, 0.2) is 102 Å². The SMILES string of the molecule is O=C(CCn1cnc2ccccc2c1=O)NCc1ccccc1-c1ccc(Cn2cccn2)cc1. The first-order valence-corrected chi connectivity index (χ1v) is 11.5. The fraction of sp³-hybridized carbons (Fsp3) is 0.143. The van der Waals surface area contributed by atoms with Gasteiger partial charge in [0, 0.05) is 31.9 Å². The summed E-state index contributed by atoms with van der Waals surface area (Å²) in [4.78, 5) is 29.5. The molecule has 1 amide bonds. The Labute approximate surface area is 202 Å². The van der Waals surface area contributed by atoms with Gasteiger partial charge in [0.25, 0.3) is 5.56 Å². The van der Waals surface area contributed by atoms with Crippen LogP contribution >= 0.6 is 0 Å². The number of hydrogen-bond donors (Lipinski definition) is 1. The minimum absolute atomic E-state index is 0.116. The normalized spacial score (nSPS) is 11.0. The van der Waals surface area contributed by atoms with Crippen molar-refractivity contribution < 1.29 is 4.79 Å². The van der Waals surface area contributed by atoms with Crippen LogP contribution in [0, 0.1) is 0 Å². The number of aryl methyl sites for hydroxylation is 1. The van der Waals surface area contributed by atoms with Crippen molar-refractivity contribution in [3.05, 3.63) is 119 Å². The molecule has 0 radical (unpaired) electrons. The van der Waals surface area contributed by atoms with Gasteiger partial charge in [0.1, 0.15) is 0 Å². The van der Waals surface area contributed by atoms with Crippen LogP contribution < -0.4 is 10.9 Å². The van der Waals surface area contributed by atoms with Crippen molar-refractivity contribution in [3.63, 3.8) is 0 Å². The van der Waals surface area contributed by atoms with Crippen LogP contribution in [-0.2, 0) is 24.4 Å². The monoisotopic (exact) mass is 463 g/mol. The van der Waals surface area contributed by atoms with E-state index < -0.39 is 0 Å². The molecule has 2 heterocycles. The largest absolute Gasteiger partial charge is 0.352 e. The second-order valence-corrected chi connectivity index (χ2v) is 8.34. The minimum Gasteiger partial charge on any atom is -0.352 e. The number of benzene rings is 3. The number of hydrogen-bond acceptors (Lipinski definition) is 4. The topological polar surface area (TPSA) is 81.8 Å². The molecule has 0 spiro atoms. The van der Waals surface area contributed by atoms with Gasteiger partial charge in [-0.25, -0.2) is 4.98 Å². The molecule has 5 rings (SSSR count). The molecule has 0 aliphatic rings. The predicted octanol–water partition coefficient (Wildman–Crippen LogP) is 4.01. The number of para-hydroxylation sites is 1. The second-order valence-electron chi connectivity index (χ2n) is 8.34. The van der Waals surface area contributed by atoms with Gasteiger partial charge in [0.05, 0.1) is 23.8 Å². The lowest BCUT2D eigenvalue weighted by Gasteiger charge is -2.12. The molecule has 3 aromatic carbocycles. The molecule has 1 N–H and O–H groups in total. The summed E-state index contributed by atoms with van der Waals surface area (Å²) in [7, 11) is 0. The third-order valence-corrected chi connectivity index (χ3v) is 5.97. The molecule has 35 heavy (non-hydrogen) atoms. The lowest BCUT2D eigenvalue weighted by atomic mass is 9.98. The molecule has 7 heteroatoms. The van der Waals surface area contributed by atoms with Crippen LogP contribution in [0.2, 0.25) is 0 Å². The number of amides is 1. The summed E-state index contributed by atoms with van der Waals surface area (Å²) in [5, 5.41) is 7.80. The Bertz CT molecular complexity index is 1500. The van der Waals surface area contributed by atoms with Gasteiger partial charge in [-0.1, -0.05) is 60.7 Å². The number of fused-ring (bicyclic) bond motifs is 1. The standard InChI is InChI=1S/C28H25N5O2/c34-27(14-17-32-20-30-26-9-4-3-8-25(26)28(32)35)29-18-23-6-1-2-7-24(23)22-12-10-21(11-13-22)19-33-16-5-15-31-33/h1-13,15-16,20H,14,17-19H2,(H,29,34). The number of carbonyl (C=O) groups excluding carboxylic acids is 1. The molecule has 174 valence electrons. The molecule has 0 bridgehead atoms. The summed E-state index contributed by atoms with van der Waals surface area (Å²) >= 11 is 0. The van der Waals surface area contributed by atoms with Crippen molar-refractivity contribution in [2.45, 2.75) is 26.1 Å².